The third-order valence-corrected chi connectivity index (χ3v) is 3.68. The summed E-state index contributed by atoms with van der Waals surface area (Å²) in [5.74, 6) is -0.280. The van der Waals surface area contributed by atoms with Gasteiger partial charge in [0.05, 0.1) is 5.69 Å². The topological polar surface area (TPSA) is 98.9 Å². The Hall–Kier alpha value is -2.16. The van der Waals surface area contributed by atoms with E-state index >= 15 is 0 Å². The van der Waals surface area contributed by atoms with Gasteiger partial charge in [0.2, 0.25) is 0 Å². The molecule has 2 N–H and O–H groups in total. The highest BCUT2D eigenvalue weighted by Crippen LogP contribution is 2.27. The van der Waals surface area contributed by atoms with Crippen LogP contribution in [0.15, 0.2) is 0 Å². The lowest BCUT2D eigenvalue weighted by Gasteiger charge is -2.24. The zero-order chi connectivity index (χ0) is 16.0. The molecule has 21 heavy (non-hydrogen) atoms. The Kier molecular flexibility index (Phi) is 5.65. The molecule has 0 fully saturated rings. The maximum absolute atomic E-state index is 10.6. The van der Waals surface area contributed by atoms with Crippen molar-refractivity contribution in [1.29, 1.82) is 5.26 Å². The average Bonchev–Trinajstić information content (AvgIpc) is 2.41. The van der Waals surface area contributed by atoms with Crippen molar-refractivity contribution in [1.82, 2.24) is 10.2 Å². The molecule has 0 spiro atoms. The average molecular weight is 290 g/mol. The van der Waals surface area contributed by atoms with E-state index in [9.17, 15) is 10.1 Å². The molecule has 6 nitrogen and oxygen atoms in total. The Morgan fingerprint density at radius 2 is 2.00 bits per heavy atom. The summed E-state index contributed by atoms with van der Waals surface area (Å²) >= 11 is 0. The Balaban J connectivity index is 2.63. The Morgan fingerprint density at radius 3 is 2.57 bits per heavy atom. The van der Waals surface area contributed by atoms with Crippen LogP contribution in [-0.2, 0) is 4.79 Å². The van der Waals surface area contributed by atoms with E-state index in [0.717, 1.165) is 17.7 Å². The molecule has 0 bridgehead atoms. The van der Waals surface area contributed by atoms with Gasteiger partial charge in [-0.1, -0.05) is 13.8 Å². The highest BCUT2D eigenvalue weighted by Gasteiger charge is 2.19. The van der Waals surface area contributed by atoms with Crippen LogP contribution >= 0.6 is 0 Å². The second-order valence-electron chi connectivity index (χ2n) is 5.98. The Bertz CT molecular complexity index is 562. The Labute approximate surface area is 125 Å². The number of rotatable bonds is 7. The van der Waals surface area contributed by atoms with Crippen LogP contribution in [0.1, 0.15) is 49.9 Å². The molecule has 1 aromatic heterocycles. The van der Waals surface area contributed by atoms with Crippen LogP contribution < -0.4 is 5.32 Å². The monoisotopic (exact) mass is 290 g/mol. The third kappa shape index (κ3) is 5.03. The molecule has 0 atom stereocenters. The van der Waals surface area contributed by atoms with E-state index in [1.165, 1.54) is 0 Å². The second-order valence-corrected chi connectivity index (χ2v) is 5.98. The van der Waals surface area contributed by atoms with E-state index in [1.54, 1.807) is 0 Å². The minimum absolute atomic E-state index is 0.0780. The first-order valence-electron chi connectivity index (χ1n) is 6.96. The van der Waals surface area contributed by atoms with E-state index in [1.807, 2.05) is 27.7 Å². The smallest absolute Gasteiger partial charge is 0.303 e. The molecule has 1 aromatic rings. The highest BCUT2D eigenvalue weighted by atomic mass is 16.4. The first kappa shape index (κ1) is 16.9. The maximum Gasteiger partial charge on any atom is 0.303 e. The van der Waals surface area contributed by atoms with Crippen LogP contribution in [0.25, 0.3) is 0 Å². The van der Waals surface area contributed by atoms with Gasteiger partial charge >= 0.3 is 5.97 Å². The lowest BCUT2D eigenvalue weighted by Crippen LogP contribution is -2.19. The Morgan fingerprint density at radius 1 is 1.33 bits per heavy atom. The molecule has 1 heterocycles. The van der Waals surface area contributed by atoms with Crippen LogP contribution in [0, 0.1) is 30.6 Å². The molecule has 0 aliphatic carbocycles. The van der Waals surface area contributed by atoms with Crippen LogP contribution in [0.2, 0.25) is 0 Å². The van der Waals surface area contributed by atoms with Crippen molar-refractivity contribution < 1.29 is 9.90 Å². The predicted molar refractivity (Wildman–Crippen MR) is 80.0 cm³/mol. The summed E-state index contributed by atoms with van der Waals surface area (Å²) in [6, 6.07) is 2.15. The van der Waals surface area contributed by atoms with Gasteiger partial charge < -0.3 is 10.4 Å². The largest absolute Gasteiger partial charge is 0.481 e. The van der Waals surface area contributed by atoms with Gasteiger partial charge in [-0.25, -0.2) is 0 Å². The van der Waals surface area contributed by atoms with Crippen molar-refractivity contribution in [3.63, 3.8) is 0 Å². The second kappa shape index (κ2) is 7.02. The van der Waals surface area contributed by atoms with Gasteiger partial charge in [0, 0.05) is 13.0 Å². The van der Waals surface area contributed by atoms with Crippen molar-refractivity contribution in [2.24, 2.45) is 5.41 Å². The van der Waals surface area contributed by atoms with Gasteiger partial charge in [0.1, 0.15) is 11.6 Å². The zero-order valence-corrected chi connectivity index (χ0v) is 13.0. The molecule has 114 valence electrons. The van der Waals surface area contributed by atoms with Gasteiger partial charge in [-0.2, -0.15) is 10.4 Å². The summed E-state index contributed by atoms with van der Waals surface area (Å²) < 4.78 is 0. The van der Waals surface area contributed by atoms with E-state index in [2.05, 4.69) is 21.6 Å². The van der Waals surface area contributed by atoms with Gasteiger partial charge in [0.25, 0.3) is 0 Å². The predicted octanol–water partition coefficient (Wildman–Crippen LogP) is 2.66. The first-order valence-corrected chi connectivity index (χ1v) is 6.96. The molecule has 6 heteroatoms. The van der Waals surface area contributed by atoms with E-state index in [0.29, 0.717) is 24.3 Å². The van der Waals surface area contributed by atoms with Crippen molar-refractivity contribution in [3.05, 3.63) is 16.8 Å². The summed E-state index contributed by atoms with van der Waals surface area (Å²) in [4.78, 5) is 10.6. The van der Waals surface area contributed by atoms with Gasteiger partial charge in [-0.15, -0.1) is 5.10 Å². The maximum atomic E-state index is 10.6. The molecule has 0 saturated heterocycles. The fourth-order valence-corrected chi connectivity index (χ4v) is 1.96. The van der Waals surface area contributed by atoms with Crippen molar-refractivity contribution in [2.45, 2.75) is 47.0 Å². The standard InChI is InChI=1S/C15H22N4O2/c1-10-11(2)18-19-14(12(10)9-16)17-8-7-15(3,4)6-5-13(20)21/h5-8H2,1-4H3,(H,17,19)(H,20,21). The van der Waals surface area contributed by atoms with E-state index < -0.39 is 5.97 Å². The molecular formula is C15H22N4O2. The van der Waals surface area contributed by atoms with E-state index in [4.69, 9.17) is 5.11 Å². The molecule has 0 aliphatic rings. The number of nitriles is 1. The number of anilines is 1. The number of aliphatic carboxylic acids is 1. The number of carboxylic acid groups (broad SMARTS) is 1. The number of hydrogen-bond acceptors (Lipinski definition) is 5. The molecule has 0 aromatic carbocycles. The van der Waals surface area contributed by atoms with Gasteiger partial charge in [0.15, 0.2) is 5.82 Å². The van der Waals surface area contributed by atoms with Crippen molar-refractivity contribution in [3.8, 4) is 6.07 Å². The number of aryl methyl sites for hydroxylation is 1. The van der Waals surface area contributed by atoms with Crippen LogP contribution in [0.3, 0.4) is 0 Å². The number of carbonyl (C=O) groups is 1. The van der Waals surface area contributed by atoms with E-state index in [-0.39, 0.29) is 11.8 Å². The molecule has 0 unspecified atom stereocenters. The minimum atomic E-state index is -0.775. The molecule has 0 saturated carbocycles. The van der Waals surface area contributed by atoms with Crippen LogP contribution in [0.5, 0.6) is 0 Å². The summed E-state index contributed by atoms with van der Waals surface area (Å²) in [5, 5.41) is 29.1. The fourth-order valence-electron chi connectivity index (χ4n) is 1.96. The van der Waals surface area contributed by atoms with Crippen molar-refractivity contribution in [2.75, 3.05) is 11.9 Å². The number of aromatic nitrogens is 2. The van der Waals surface area contributed by atoms with Crippen molar-refractivity contribution >= 4 is 11.8 Å². The van der Waals surface area contributed by atoms with Gasteiger partial charge in [-0.3, -0.25) is 4.79 Å². The summed E-state index contributed by atoms with van der Waals surface area (Å²) in [5.41, 5.74) is 2.02. The molecule has 0 amide bonds. The highest BCUT2D eigenvalue weighted by molar-refractivity contribution is 5.66. The molecule has 0 aliphatic heterocycles. The molecular weight excluding hydrogens is 268 g/mol. The quantitative estimate of drug-likeness (QED) is 0.801. The van der Waals surface area contributed by atoms with Crippen LogP contribution in [0.4, 0.5) is 5.82 Å². The number of nitrogens with zero attached hydrogens (tertiary/aromatic N) is 3. The number of hydrogen-bond donors (Lipinski definition) is 2. The summed E-state index contributed by atoms with van der Waals surface area (Å²) in [7, 11) is 0. The number of nitrogens with one attached hydrogen (secondary N) is 1. The molecule has 0 radical (unpaired) electrons. The van der Waals surface area contributed by atoms with Crippen LogP contribution in [-0.4, -0.2) is 27.8 Å². The normalized spacial score (nSPS) is 11.0. The van der Waals surface area contributed by atoms with Gasteiger partial charge in [-0.05, 0) is 37.7 Å². The SMILES string of the molecule is Cc1nnc(NCCC(C)(C)CCC(=O)O)c(C#N)c1C. The number of carboxylic acids is 1. The summed E-state index contributed by atoms with van der Waals surface area (Å²) in [6.07, 6.45) is 1.58. The third-order valence-electron chi connectivity index (χ3n) is 3.68. The first-order chi connectivity index (χ1) is 9.76. The zero-order valence-electron chi connectivity index (χ0n) is 13.0. The fraction of sp³-hybridized carbons (Fsp3) is 0.600. The summed E-state index contributed by atoms with van der Waals surface area (Å²) in [6.45, 7) is 8.37. The lowest BCUT2D eigenvalue weighted by molar-refractivity contribution is -0.137. The molecule has 1 rings (SSSR count). The lowest BCUT2D eigenvalue weighted by atomic mass is 9.84. The minimum Gasteiger partial charge on any atom is -0.481 e.